The Labute approximate surface area is 128 Å². The molecule has 0 atom stereocenters. The Morgan fingerprint density at radius 3 is 2.24 bits per heavy atom. The standard InChI is InChI=1S/C15H17NO2.C3H8/c1-4-6-12(5-2)11-16-14-9-7-13(8-10-14)15(17)18-3;1-3-2/h4-10,16H,1-2,11H2,3H3;3H2,1-2H3/b12-6+;. The smallest absolute Gasteiger partial charge is 0.337 e. The number of allylic oxidation sites excluding steroid dienone is 2. The predicted molar refractivity (Wildman–Crippen MR) is 90.7 cm³/mol. The summed E-state index contributed by atoms with van der Waals surface area (Å²) in [5, 5.41) is 3.23. The molecule has 114 valence electrons. The molecule has 0 spiro atoms. The number of anilines is 1. The largest absolute Gasteiger partial charge is 0.465 e. The van der Waals surface area contributed by atoms with E-state index in [0.29, 0.717) is 12.1 Å². The Morgan fingerprint density at radius 2 is 1.81 bits per heavy atom. The molecule has 0 aliphatic heterocycles. The number of methoxy groups -OCH3 is 1. The Hall–Kier alpha value is -2.29. The van der Waals surface area contributed by atoms with Gasteiger partial charge in [-0.2, -0.15) is 0 Å². The van der Waals surface area contributed by atoms with Gasteiger partial charge in [0.2, 0.25) is 0 Å². The number of hydrogen-bond acceptors (Lipinski definition) is 3. The quantitative estimate of drug-likeness (QED) is 0.614. The van der Waals surface area contributed by atoms with Gasteiger partial charge in [0, 0.05) is 12.2 Å². The van der Waals surface area contributed by atoms with Crippen molar-refractivity contribution in [3.05, 3.63) is 66.8 Å². The van der Waals surface area contributed by atoms with Crippen LogP contribution in [-0.4, -0.2) is 19.6 Å². The molecule has 0 fully saturated rings. The van der Waals surface area contributed by atoms with E-state index in [4.69, 9.17) is 0 Å². The van der Waals surface area contributed by atoms with Crippen molar-refractivity contribution in [2.75, 3.05) is 19.0 Å². The number of ether oxygens (including phenoxy) is 1. The number of benzene rings is 1. The zero-order chi connectivity index (χ0) is 16.1. The molecule has 0 saturated carbocycles. The van der Waals surface area contributed by atoms with Crippen LogP contribution in [0.25, 0.3) is 0 Å². The third-order valence-electron chi connectivity index (χ3n) is 2.40. The van der Waals surface area contributed by atoms with E-state index >= 15 is 0 Å². The van der Waals surface area contributed by atoms with E-state index in [-0.39, 0.29) is 5.97 Å². The predicted octanol–water partition coefficient (Wildman–Crippen LogP) is 4.60. The second kappa shape index (κ2) is 11.5. The van der Waals surface area contributed by atoms with Crippen LogP contribution >= 0.6 is 0 Å². The van der Waals surface area contributed by atoms with Crippen LogP contribution < -0.4 is 5.32 Å². The number of carbonyl (C=O) groups excluding carboxylic acids is 1. The van der Waals surface area contributed by atoms with Crippen LogP contribution in [0.2, 0.25) is 0 Å². The van der Waals surface area contributed by atoms with Crippen LogP contribution in [0.4, 0.5) is 5.69 Å². The van der Waals surface area contributed by atoms with E-state index in [1.807, 2.05) is 18.2 Å². The summed E-state index contributed by atoms with van der Waals surface area (Å²) in [6, 6.07) is 7.11. The molecule has 0 aliphatic rings. The third kappa shape index (κ3) is 7.78. The van der Waals surface area contributed by atoms with Gasteiger partial charge in [-0.15, -0.1) is 0 Å². The molecule has 0 aliphatic carbocycles. The summed E-state index contributed by atoms with van der Waals surface area (Å²) in [7, 11) is 1.37. The Bertz CT molecular complexity index is 472. The molecule has 0 aromatic heterocycles. The fourth-order valence-corrected chi connectivity index (χ4v) is 1.40. The molecule has 1 N–H and O–H groups in total. The maximum atomic E-state index is 11.2. The van der Waals surface area contributed by atoms with Gasteiger partial charge in [0.25, 0.3) is 0 Å². The van der Waals surface area contributed by atoms with Crippen molar-refractivity contribution < 1.29 is 9.53 Å². The lowest BCUT2D eigenvalue weighted by molar-refractivity contribution is 0.0601. The van der Waals surface area contributed by atoms with Gasteiger partial charge in [0.1, 0.15) is 0 Å². The molecular formula is C18H25NO2. The molecule has 0 unspecified atom stereocenters. The minimum atomic E-state index is -0.333. The lowest BCUT2D eigenvalue weighted by Gasteiger charge is -2.07. The topological polar surface area (TPSA) is 38.3 Å². The summed E-state index contributed by atoms with van der Waals surface area (Å²) in [4.78, 5) is 11.2. The Kier molecular flexibility index (Phi) is 10.3. The number of nitrogens with one attached hydrogen (secondary N) is 1. The first-order valence-corrected chi connectivity index (χ1v) is 6.99. The Morgan fingerprint density at radius 1 is 1.24 bits per heavy atom. The highest BCUT2D eigenvalue weighted by molar-refractivity contribution is 5.89. The summed E-state index contributed by atoms with van der Waals surface area (Å²) < 4.78 is 4.63. The van der Waals surface area contributed by atoms with E-state index in [1.165, 1.54) is 13.5 Å². The summed E-state index contributed by atoms with van der Waals surface area (Å²) in [6.45, 7) is 12.3. The second-order valence-corrected chi connectivity index (χ2v) is 4.31. The molecule has 0 radical (unpaired) electrons. The van der Waals surface area contributed by atoms with Gasteiger partial charge in [-0.25, -0.2) is 4.79 Å². The molecule has 0 amide bonds. The van der Waals surface area contributed by atoms with E-state index in [9.17, 15) is 4.79 Å². The van der Waals surface area contributed by atoms with Crippen molar-refractivity contribution in [2.45, 2.75) is 20.3 Å². The second-order valence-electron chi connectivity index (χ2n) is 4.31. The van der Waals surface area contributed by atoms with Crippen LogP contribution in [-0.2, 0) is 4.74 Å². The summed E-state index contributed by atoms with van der Waals surface area (Å²) in [5.74, 6) is -0.333. The van der Waals surface area contributed by atoms with E-state index in [1.54, 1.807) is 24.3 Å². The zero-order valence-corrected chi connectivity index (χ0v) is 13.2. The van der Waals surface area contributed by atoms with Gasteiger partial charge in [-0.05, 0) is 29.8 Å². The molecule has 0 saturated heterocycles. The van der Waals surface area contributed by atoms with Crippen molar-refractivity contribution in [3.63, 3.8) is 0 Å². The molecule has 0 bridgehead atoms. The molecule has 3 nitrogen and oxygen atoms in total. The van der Waals surface area contributed by atoms with Crippen molar-refractivity contribution in [1.82, 2.24) is 0 Å². The fraction of sp³-hybridized carbons (Fsp3) is 0.278. The van der Waals surface area contributed by atoms with Gasteiger partial charge in [0.05, 0.1) is 12.7 Å². The first-order valence-electron chi connectivity index (χ1n) is 6.99. The van der Waals surface area contributed by atoms with E-state index in [2.05, 4.69) is 37.1 Å². The van der Waals surface area contributed by atoms with Crippen LogP contribution in [0.1, 0.15) is 30.6 Å². The van der Waals surface area contributed by atoms with E-state index in [0.717, 1.165) is 11.3 Å². The summed E-state index contributed by atoms with van der Waals surface area (Å²) >= 11 is 0. The summed E-state index contributed by atoms with van der Waals surface area (Å²) in [6.07, 6.45) is 6.64. The molecule has 0 heterocycles. The van der Waals surface area contributed by atoms with Crippen LogP contribution in [0, 0.1) is 0 Å². The zero-order valence-electron chi connectivity index (χ0n) is 13.2. The van der Waals surface area contributed by atoms with Crippen molar-refractivity contribution in [1.29, 1.82) is 0 Å². The maximum Gasteiger partial charge on any atom is 0.337 e. The SMILES string of the molecule is C=C/C=C(\C=C)CNc1ccc(C(=O)OC)cc1.CCC. The van der Waals surface area contributed by atoms with Gasteiger partial charge in [-0.3, -0.25) is 0 Å². The van der Waals surface area contributed by atoms with Crippen LogP contribution in [0.5, 0.6) is 0 Å². The number of esters is 1. The first kappa shape index (κ1) is 18.7. The van der Waals surface area contributed by atoms with Crippen LogP contribution in [0.3, 0.4) is 0 Å². The fourth-order valence-electron chi connectivity index (χ4n) is 1.40. The molecule has 1 rings (SSSR count). The maximum absolute atomic E-state index is 11.2. The number of carbonyl (C=O) groups is 1. The van der Waals surface area contributed by atoms with Gasteiger partial charge in [-0.1, -0.05) is 51.7 Å². The van der Waals surface area contributed by atoms with Crippen molar-refractivity contribution in [3.8, 4) is 0 Å². The summed E-state index contributed by atoms with van der Waals surface area (Å²) in [5.41, 5.74) is 2.51. The average molecular weight is 287 g/mol. The van der Waals surface area contributed by atoms with Crippen LogP contribution in [0.15, 0.2) is 61.2 Å². The molecule has 3 heteroatoms. The lowest BCUT2D eigenvalue weighted by atomic mass is 10.2. The molecule has 21 heavy (non-hydrogen) atoms. The first-order chi connectivity index (χ1) is 10.1. The van der Waals surface area contributed by atoms with Crippen molar-refractivity contribution >= 4 is 11.7 Å². The van der Waals surface area contributed by atoms with Gasteiger partial charge >= 0.3 is 5.97 Å². The third-order valence-corrected chi connectivity index (χ3v) is 2.40. The minimum Gasteiger partial charge on any atom is -0.465 e. The van der Waals surface area contributed by atoms with E-state index < -0.39 is 0 Å². The highest BCUT2D eigenvalue weighted by atomic mass is 16.5. The molecule has 1 aromatic carbocycles. The van der Waals surface area contributed by atoms with Crippen molar-refractivity contribution in [2.24, 2.45) is 0 Å². The average Bonchev–Trinajstić information content (AvgIpc) is 2.52. The Balaban J connectivity index is 0.00000122. The number of rotatable bonds is 6. The van der Waals surface area contributed by atoms with Gasteiger partial charge < -0.3 is 10.1 Å². The monoisotopic (exact) mass is 287 g/mol. The normalized spacial score (nSPS) is 9.95. The molecule has 1 aromatic rings. The highest BCUT2D eigenvalue weighted by Gasteiger charge is 2.03. The lowest BCUT2D eigenvalue weighted by Crippen LogP contribution is -2.04. The highest BCUT2D eigenvalue weighted by Crippen LogP contribution is 2.11. The molecular weight excluding hydrogens is 262 g/mol. The number of hydrogen-bond donors (Lipinski definition) is 1. The minimum absolute atomic E-state index is 0.333. The van der Waals surface area contributed by atoms with Gasteiger partial charge in [0.15, 0.2) is 0 Å².